The van der Waals surface area contributed by atoms with Gasteiger partial charge in [-0.25, -0.2) is 0 Å². The average Bonchev–Trinajstić information content (AvgIpc) is 3.35. The first-order chi connectivity index (χ1) is 21.2. The van der Waals surface area contributed by atoms with Gasteiger partial charge >= 0.3 is 5.97 Å². The molecule has 0 aromatic carbocycles. The highest BCUT2D eigenvalue weighted by atomic mass is 16.5. The molecule has 4 rings (SSSR count). The Bertz CT molecular complexity index is 888. The van der Waals surface area contributed by atoms with Crippen LogP contribution in [0.25, 0.3) is 0 Å². The Labute approximate surface area is 274 Å². The molecule has 3 fully saturated rings. The molecule has 0 spiro atoms. The molecule has 0 heterocycles. The Morgan fingerprint density at radius 2 is 1.45 bits per heavy atom. The molecular formula is C42H74O2. The Morgan fingerprint density at radius 1 is 0.795 bits per heavy atom. The van der Waals surface area contributed by atoms with E-state index in [0.29, 0.717) is 17.3 Å². The summed E-state index contributed by atoms with van der Waals surface area (Å²) in [6, 6.07) is 0. The van der Waals surface area contributed by atoms with Crippen molar-refractivity contribution in [1.29, 1.82) is 0 Å². The van der Waals surface area contributed by atoms with Gasteiger partial charge in [0.05, 0.1) is 0 Å². The fourth-order valence-electron chi connectivity index (χ4n) is 11.1. The minimum atomic E-state index is 0.0629. The van der Waals surface area contributed by atoms with Gasteiger partial charge in [0.2, 0.25) is 0 Å². The Balaban J connectivity index is 1.17. The fraction of sp³-hybridized carbons (Fsp3) is 0.929. The number of fused-ring (bicyclic) bond motifs is 5. The van der Waals surface area contributed by atoms with Crippen molar-refractivity contribution in [2.24, 2.45) is 46.3 Å². The van der Waals surface area contributed by atoms with Gasteiger partial charge in [-0.05, 0) is 97.7 Å². The number of hydrogen-bond acceptors (Lipinski definition) is 2. The van der Waals surface area contributed by atoms with E-state index in [1.807, 2.05) is 0 Å². The number of unbranched alkanes of at least 4 members (excludes halogenated alkanes) is 11. The van der Waals surface area contributed by atoms with Crippen LogP contribution >= 0.6 is 0 Å². The zero-order chi connectivity index (χ0) is 31.6. The fourth-order valence-corrected chi connectivity index (χ4v) is 11.1. The second kappa shape index (κ2) is 17.4. The van der Waals surface area contributed by atoms with E-state index < -0.39 is 0 Å². The van der Waals surface area contributed by atoms with Gasteiger partial charge < -0.3 is 4.74 Å². The molecule has 254 valence electrons. The minimum Gasteiger partial charge on any atom is -0.462 e. The number of esters is 1. The molecule has 0 bridgehead atoms. The van der Waals surface area contributed by atoms with Gasteiger partial charge in [0.15, 0.2) is 0 Å². The molecular weight excluding hydrogens is 536 g/mol. The van der Waals surface area contributed by atoms with Crippen molar-refractivity contribution >= 4 is 5.97 Å². The maximum absolute atomic E-state index is 12.8. The highest BCUT2D eigenvalue weighted by Crippen LogP contribution is 2.67. The van der Waals surface area contributed by atoms with Crippen molar-refractivity contribution in [2.75, 3.05) is 0 Å². The topological polar surface area (TPSA) is 26.3 Å². The predicted molar refractivity (Wildman–Crippen MR) is 189 cm³/mol. The molecule has 0 radical (unpaired) electrons. The Hall–Kier alpha value is -0.790. The van der Waals surface area contributed by atoms with Gasteiger partial charge in [0, 0.05) is 12.8 Å². The number of allylic oxidation sites excluding steroid dienone is 1. The smallest absolute Gasteiger partial charge is 0.306 e. The van der Waals surface area contributed by atoms with E-state index in [-0.39, 0.29) is 12.1 Å². The van der Waals surface area contributed by atoms with E-state index in [9.17, 15) is 4.79 Å². The lowest BCUT2D eigenvalue weighted by molar-refractivity contribution is -0.151. The molecule has 0 N–H and O–H groups in total. The molecule has 4 unspecified atom stereocenters. The van der Waals surface area contributed by atoms with Gasteiger partial charge in [-0.1, -0.05) is 143 Å². The molecule has 44 heavy (non-hydrogen) atoms. The second-order valence-corrected chi connectivity index (χ2v) is 17.3. The highest BCUT2D eigenvalue weighted by Gasteiger charge is 2.59. The summed E-state index contributed by atoms with van der Waals surface area (Å²) >= 11 is 0. The molecule has 0 aromatic rings. The number of hydrogen-bond donors (Lipinski definition) is 0. The summed E-state index contributed by atoms with van der Waals surface area (Å²) in [6.07, 6.45) is 34.0. The van der Waals surface area contributed by atoms with Crippen LogP contribution in [-0.2, 0) is 9.53 Å². The monoisotopic (exact) mass is 611 g/mol. The standard InChI is InChI=1S/C42H74O2/c1-7-8-9-10-11-12-13-14-15-16-17-18-22-40(43)44-35-27-29-41(5)34(31-35)23-24-36-38-26-25-37(33(4)21-19-20-32(2)3)42(38,6)30-28-39(36)41/h23,32-33,35-39H,7-22,24-31H2,1-6H3/t33-,35?,36?,37-,38?,39?,41+,42-/m1/s1. The summed E-state index contributed by atoms with van der Waals surface area (Å²) in [7, 11) is 0. The van der Waals surface area contributed by atoms with Crippen LogP contribution in [0.4, 0.5) is 0 Å². The number of rotatable bonds is 19. The van der Waals surface area contributed by atoms with E-state index >= 15 is 0 Å². The normalized spacial score (nSPS) is 33.8. The molecule has 3 saturated carbocycles. The van der Waals surface area contributed by atoms with Crippen LogP contribution in [0, 0.1) is 46.3 Å². The number of carbonyl (C=O) groups excluding carboxylic acids is 1. The maximum atomic E-state index is 12.8. The summed E-state index contributed by atoms with van der Waals surface area (Å²) in [5.74, 6) is 5.34. The van der Waals surface area contributed by atoms with Crippen molar-refractivity contribution in [3.63, 3.8) is 0 Å². The largest absolute Gasteiger partial charge is 0.462 e. The van der Waals surface area contributed by atoms with Gasteiger partial charge in [-0.15, -0.1) is 0 Å². The predicted octanol–water partition coefficient (Wildman–Crippen LogP) is 13.0. The highest BCUT2D eigenvalue weighted by molar-refractivity contribution is 5.69. The summed E-state index contributed by atoms with van der Waals surface area (Å²) in [5.41, 5.74) is 2.54. The van der Waals surface area contributed by atoms with Crippen LogP contribution in [0.2, 0.25) is 0 Å². The average molecular weight is 611 g/mol. The first kappa shape index (κ1) is 36.1. The molecule has 0 aliphatic heterocycles. The van der Waals surface area contributed by atoms with E-state index in [2.05, 4.69) is 47.6 Å². The van der Waals surface area contributed by atoms with Crippen molar-refractivity contribution < 1.29 is 9.53 Å². The van der Waals surface area contributed by atoms with E-state index in [0.717, 1.165) is 54.8 Å². The molecule has 0 aromatic heterocycles. The van der Waals surface area contributed by atoms with Gasteiger partial charge in [-0.2, -0.15) is 0 Å². The quantitative estimate of drug-likeness (QED) is 0.0826. The van der Waals surface area contributed by atoms with E-state index in [1.54, 1.807) is 5.57 Å². The van der Waals surface area contributed by atoms with Crippen LogP contribution < -0.4 is 0 Å². The van der Waals surface area contributed by atoms with Crippen LogP contribution in [0.3, 0.4) is 0 Å². The lowest BCUT2D eigenvalue weighted by Crippen LogP contribution is -2.51. The van der Waals surface area contributed by atoms with Gasteiger partial charge in [-0.3, -0.25) is 4.79 Å². The second-order valence-electron chi connectivity index (χ2n) is 17.3. The third kappa shape index (κ3) is 9.18. The molecule has 2 nitrogen and oxygen atoms in total. The third-order valence-corrected chi connectivity index (χ3v) is 13.8. The lowest BCUT2D eigenvalue weighted by Gasteiger charge is -2.58. The lowest BCUT2D eigenvalue weighted by atomic mass is 9.47. The molecule has 0 saturated heterocycles. The van der Waals surface area contributed by atoms with Crippen LogP contribution in [0.5, 0.6) is 0 Å². The molecule has 4 aliphatic rings. The van der Waals surface area contributed by atoms with Crippen molar-refractivity contribution in [2.45, 2.75) is 202 Å². The number of carbonyl (C=O) groups is 1. The van der Waals surface area contributed by atoms with E-state index in [1.165, 1.54) is 128 Å². The molecule has 8 atom stereocenters. The summed E-state index contributed by atoms with van der Waals surface area (Å²) in [6.45, 7) is 14.9. The SMILES string of the molecule is CCCCCCCCCCCCCCC(=O)OC1CC[C@@]2(C)C(=CCC3C2CC[C@@]2(C)C3CC[C@@H]2[C@H](C)CCCC(C)C)C1. The molecule has 4 aliphatic carbocycles. The first-order valence-corrected chi connectivity index (χ1v) is 20.1. The zero-order valence-corrected chi connectivity index (χ0v) is 30.4. The third-order valence-electron chi connectivity index (χ3n) is 13.8. The molecule has 0 amide bonds. The Kier molecular flexibility index (Phi) is 14.2. The van der Waals surface area contributed by atoms with Crippen molar-refractivity contribution in [3.8, 4) is 0 Å². The van der Waals surface area contributed by atoms with E-state index in [4.69, 9.17) is 4.74 Å². The van der Waals surface area contributed by atoms with Gasteiger partial charge in [0.1, 0.15) is 6.10 Å². The summed E-state index contributed by atoms with van der Waals surface area (Å²) in [5, 5.41) is 0. The zero-order valence-electron chi connectivity index (χ0n) is 30.4. The molecule has 2 heteroatoms. The minimum absolute atomic E-state index is 0.0629. The maximum Gasteiger partial charge on any atom is 0.306 e. The number of ether oxygens (including phenoxy) is 1. The summed E-state index contributed by atoms with van der Waals surface area (Å²) < 4.78 is 6.11. The van der Waals surface area contributed by atoms with Crippen LogP contribution in [0.15, 0.2) is 11.6 Å². The van der Waals surface area contributed by atoms with Crippen molar-refractivity contribution in [3.05, 3.63) is 11.6 Å². The van der Waals surface area contributed by atoms with Crippen LogP contribution in [-0.4, -0.2) is 12.1 Å². The Morgan fingerprint density at radius 3 is 2.11 bits per heavy atom. The van der Waals surface area contributed by atoms with Crippen LogP contribution in [0.1, 0.15) is 196 Å². The summed E-state index contributed by atoms with van der Waals surface area (Å²) in [4.78, 5) is 12.8. The van der Waals surface area contributed by atoms with Gasteiger partial charge in [0.25, 0.3) is 0 Å². The first-order valence-electron chi connectivity index (χ1n) is 20.1. The van der Waals surface area contributed by atoms with Crippen molar-refractivity contribution in [1.82, 2.24) is 0 Å².